The number of nitrogen functional groups attached to an aromatic ring is 2. The molecule has 0 aliphatic rings. The summed E-state index contributed by atoms with van der Waals surface area (Å²) in [6.45, 7) is 6.44. The molecular formula is C55H51BrCl2F2N2P2PdSi. The molecule has 0 amide bonds. The van der Waals surface area contributed by atoms with Gasteiger partial charge in [0, 0.05) is 4.47 Å². The number of terminal acetylenes is 2. The molecule has 0 atom stereocenters. The maximum atomic E-state index is 12.5. The van der Waals surface area contributed by atoms with Gasteiger partial charge in [-0.05, 0) is 87.9 Å². The largest absolute Gasteiger partial charge is 0.0622 e. The van der Waals surface area contributed by atoms with Crippen LogP contribution in [0.25, 0.3) is 0 Å². The van der Waals surface area contributed by atoms with E-state index in [9.17, 15) is 8.78 Å². The Labute approximate surface area is 419 Å². The number of para-hydroxylation sites is 2. The van der Waals surface area contributed by atoms with E-state index in [0.29, 0.717) is 10.0 Å². The Bertz CT molecular complexity index is 2330. The predicted octanol–water partition coefficient (Wildman–Crippen LogP) is 13.3. The van der Waals surface area contributed by atoms with Crippen molar-refractivity contribution in [2.75, 3.05) is 11.5 Å². The molecule has 0 radical (unpaired) electrons. The van der Waals surface area contributed by atoms with Gasteiger partial charge in [0.15, 0.2) is 0 Å². The van der Waals surface area contributed by atoms with E-state index in [0.717, 1.165) is 0 Å². The molecule has 0 saturated heterocycles. The first-order valence-electron chi connectivity index (χ1n) is 20.3. The van der Waals surface area contributed by atoms with Crippen LogP contribution in [-0.4, -0.2) is 8.07 Å². The van der Waals surface area contributed by atoms with Crippen molar-refractivity contribution in [2.24, 2.45) is 0 Å². The van der Waals surface area contributed by atoms with E-state index >= 15 is 0 Å². The zero-order valence-electron chi connectivity index (χ0n) is 36.7. The molecule has 340 valence electrons. The fourth-order valence-corrected chi connectivity index (χ4v) is 10.5. The summed E-state index contributed by atoms with van der Waals surface area (Å²) in [6.07, 6.45) is 10.1. The Morgan fingerprint density at radius 2 is 0.697 bits per heavy atom. The van der Waals surface area contributed by atoms with Crippen LogP contribution in [0.15, 0.2) is 223 Å². The standard InChI is InChI=1S/2C18H15P.C8H6FN.C6H5BrFN.C5H10Si.2ClH.Pd/c2*1-4-10-16(11-5-1)19(17-12-6-2-7-13-17)18-14-8-3-9-15-18;1-2-6-4-3-5-7(9)8(6)10;7-4-2-1-3-5(8)6(4)9;1-5-6(2,3)4;;;/h2*1-15H;1,3-5H,10H2;1-3H,9H2;1H,2-4H3;2*1H;/q;;;;;;;+2/p-2. The molecule has 0 unspecified atom stereocenters. The Hall–Kier alpha value is -4.86. The van der Waals surface area contributed by atoms with Crippen LogP contribution >= 0.6 is 50.8 Å². The van der Waals surface area contributed by atoms with Crippen molar-refractivity contribution in [3.63, 3.8) is 0 Å². The SMILES string of the molecule is C#C[Si](C)(C)C.C#Cc1cccc(F)c1N.Nc1c(F)cccc1Br.[Cl][Pd][Cl].c1ccc(P(c2ccccc2)c2ccccc2)cc1.c1ccc(P(c2ccccc2)c2ccccc2)cc1. The van der Waals surface area contributed by atoms with Crippen LogP contribution in [0, 0.1) is 35.9 Å². The number of anilines is 2. The van der Waals surface area contributed by atoms with Crippen molar-refractivity contribution >= 4 is 102 Å². The third kappa shape index (κ3) is 19.9. The maximum Gasteiger partial charge on any atom is -0.0134 e. The van der Waals surface area contributed by atoms with Crippen LogP contribution in [0.1, 0.15) is 5.56 Å². The van der Waals surface area contributed by atoms with Crippen LogP contribution in [0.5, 0.6) is 0 Å². The molecule has 8 rings (SSSR count). The Morgan fingerprint density at radius 1 is 0.455 bits per heavy atom. The topological polar surface area (TPSA) is 52.0 Å². The number of rotatable bonds is 6. The molecule has 0 spiro atoms. The zero-order valence-corrected chi connectivity index (χ0v) is 44.1. The van der Waals surface area contributed by atoms with Gasteiger partial charge in [0.2, 0.25) is 0 Å². The molecule has 0 saturated carbocycles. The third-order valence-electron chi connectivity index (χ3n) is 8.73. The summed E-state index contributed by atoms with van der Waals surface area (Å²) in [5, 5.41) is 8.39. The van der Waals surface area contributed by atoms with E-state index in [1.54, 1.807) is 18.2 Å². The number of benzene rings is 8. The second-order valence-corrected chi connectivity index (χ2v) is 27.0. The van der Waals surface area contributed by atoms with Crippen molar-refractivity contribution in [1.82, 2.24) is 0 Å². The molecule has 0 aliphatic carbocycles. The summed E-state index contributed by atoms with van der Waals surface area (Å²) in [4.78, 5) is 0. The van der Waals surface area contributed by atoms with Crippen molar-refractivity contribution in [3.05, 3.63) is 240 Å². The Kier molecular flexibility index (Phi) is 26.2. The summed E-state index contributed by atoms with van der Waals surface area (Å²) in [7, 11) is 7.63. The minimum absolute atomic E-state index is 0.0463. The van der Waals surface area contributed by atoms with Gasteiger partial charge in [0.05, 0.1) is 16.9 Å². The van der Waals surface area contributed by atoms with Gasteiger partial charge in [-0.1, -0.05) is 220 Å². The summed E-state index contributed by atoms with van der Waals surface area (Å²) in [5.74, 6) is 1.42. The molecule has 0 bridgehead atoms. The first-order chi connectivity index (χ1) is 31.8. The molecule has 0 aliphatic heterocycles. The molecule has 4 N–H and O–H groups in total. The van der Waals surface area contributed by atoms with Crippen molar-refractivity contribution < 1.29 is 24.7 Å². The average Bonchev–Trinajstić information content (AvgIpc) is 3.35. The summed E-state index contributed by atoms with van der Waals surface area (Å²) < 4.78 is 25.6. The second-order valence-electron chi connectivity index (χ2n) is 14.6. The van der Waals surface area contributed by atoms with Crippen LogP contribution in [-0.2, 0) is 15.9 Å². The molecule has 8 aromatic rings. The van der Waals surface area contributed by atoms with Crippen LogP contribution < -0.4 is 43.3 Å². The van der Waals surface area contributed by atoms with Crippen LogP contribution in [0.3, 0.4) is 0 Å². The molecular weight excluding hydrogens is 1070 g/mol. The van der Waals surface area contributed by atoms with Gasteiger partial charge in [0.1, 0.15) is 19.7 Å². The van der Waals surface area contributed by atoms with Gasteiger partial charge >= 0.3 is 35.0 Å². The van der Waals surface area contributed by atoms with Gasteiger partial charge in [-0.2, -0.15) is 0 Å². The second kappa shape index (κ2) is 31.2. The van der Waals surface area contributed by atoms with E-state index < -0.39 is 29.7 Å². The van der Waals surface area contributed by atoms with E-state index in [1.165, 1.54) is 50.0 Å². The molecule has 0 heterocycles. The monoisotopic (exact) mass is 1120 g/mol. The van der Waals surface area contributed by atoms with Gasteiger partial charge in [0.25, 0.3) is 0 Å². The number of halogens is 5. The first kappa shape index (κ1) is 55.5. The summed E-state index contributed by atoms with van der Waals surface area (Å²) in [6, 6.07) is 73.7. The van der Waals surface area contributed by atoms with E-state index in [2.05, 4.69) is 229 Å². The third-order valence-corrected chi connectivity index (χ3v) is 15.2. The van der Waals surface area contributed by atoms with Crippen LogP contribution in [0.2, 0.25) is 19.6 Å². The van der Waals surface area contributed by atoms with E-state index in [4.69, 9.17) is 43.4 Å². The quantitative estimate of drug-likeness (QED) is 0.0754. The van der Waals surface area contributed by atoms with Crippen LogP contribution in [0.4, 0.5) is 20.2 Å². The zero-order chi connectivity index (χ0) is 48.2. The minimum Gasteiger partial charge on any atom is -0.0622 e. The first-order valence-corrected chi connectivity index (χ1v) is 31.2. The normalized spacial score (nSPS) is 10.0. The number of nitrogens with two attached hydrogens (primary N) is 2. The molecule has 8 aromatic carbocycles. The van der Waals surface area contributed by atoms with Gasteiger partial charge < -0.3 is 11.5 Å². The van der Waals surface area contributed by atoms with Gasteiger partial charge in [-0.25, -0.2) is 8.78 Å². The molecule has 0 aromatic heterocycles. The molecule has 66 heavy (non-hydrogen) atoms. The predicted molar refractivity (Wildman–Crippen MR) is 291 cm³/mol. The molecule has 11 heteroatoms. The fourth-order valence-electron chi connectivity index (χ4n) is 5.53. The maximum absolute atomic E-state index is 12.5. The minimum atomic E-state index is -1.10. The van der Waals surface area contributed by atoms with E-state index in [-0.39, 0.29) is 33.1 Å². The van der Waals surface area contributed by atoms with Gasteiger partial charge in [-0.3, -0.25) is 0 Å². The average molecular weight is 1130 g/mol. The smallest absolute Gasteiger partial charge is 0.0134 e. The fraction of sp³-hybridized carbons (Fsp3) is 0.0545. The van der Waals surface area contributed by atoms with Gasteiger partial charge in [-0.15, -0.1) is 18.4 Å². The van der Waals surface area contributed by atoms with Crippen molar-refractivity contribution in [2.45, 2.75) is 19.6 Å². The number of hydrogen-bond donors (Lipinski definition) is 2. The molecule has 2 nitrogen and oxygen atoms in total. The van der Waals surface area contributed by atoms with Crippen molar-refractivity contribution in [1.29, 1.82) is 0 Å². The Balaban J connectivity index is 0.000000229. The van der Waals surface area contributed by atoms with E-state index in [1.807, 2.05) is 0 Å². The summed E-state index contributed by atoms with van der Waals surface area (Å²) in [5.41, 5.74) is 13.9. The summed E-state index contributed by atoms with van der Waals surface area (Å²) >= 11 is 2.98. The Morgan fingerprint density at radius 3 is 0.894 bits per heavy atom. The van der Waals surface area contributed by atoms with Crippen molar-refractivity contribution in [3.8, 4) is 24.3 Å². The number of hydrogen-bond acceptors (Lipinski definition) is 2. The molecule has 0 fully saturated rings.